The third-order valence-corrected chi connectivity index (χ3v) is 4.66. The van der Waals surface area contributed by atoms with Crippen LogP contribution in [0.5, 0.6) is 0 Å². The Kier molecular flexibility index (Phi) is 6.60. The van der Waals surface area contributed by atoms with Crippen LogP contribution in [0.2, 0.25) is 10.0 Å². The summed E-state index contributed by atoms with van der Waals surface area (Å²) in [7, 11) is 2.87. The van der Waals surface area contributed by atoms with Gasteiger partial charge in [0.2, 0.25) is 0 Å². The van der Waals surface area contributed by atoms with Gasteiger partial charge in [0.25, 0.3) is 0 Å². The van der Waals surface area contributed by atoms with Crippen LogP contribution in [0.4, 0.5) is 0 Å². The molecule has 0 saturated heterocycles. The second-order valence-corrected chi connectivity index (χ2v) is 6.44. The molecule has 0 aromatic heterocycles. The van der Waals surface area contributed by atoms with E-state index in [1.165, 1.54) is 7.11 Å². The third-order valence-electron chi connectivity index (χ3n) is 4.10. The zero-order chi connectivity index (χ0) is 18.6. The average Bonchev–Trinajstić information content (AvgIpc) is 2.58. The minimum atomic E-state index is -0.626. The van der Waals surface area contributed by atoms with E-state index in [4.69, 9.17) is 32.7 Å². The molecule has 7 heteroatoms. The van der Waals surface area contributed by atoms with Gasteiger partial charge in [0.05, 0.1) is 37.0 Å². The Hall–Kier alpha value is -1.87. The number of hydrogen-bond acceptors (Lipinski definition) is 5. The number of nitriles is 1. The highest BCUT2D eigenvalue weighted by atomic mass is 35.5. The largest absolute Gasteiger partial charge is 0.466 e. The van der Waals surface area contributed by atoms with Gasteiger partial charge < -0.3 is 9.47 Å². The molecule has 1 aromatic carbocycles. The van der Waals surface area contributed by atoms with Crippen LogP contribution in [0.3, 0.4) is 0 Å². The standard InChI is InChI=1S/C18H18Cl2N2O3/c1-10-13(9-21)16(12-5-4-11(19)8-14(12)20)17(18(23)25-3)15(22-10)6-7-24-2/h4-5,8,13,16H,6-7H2,1-3H3. The minimum absolute atomic E-state index is 0.334. The number of benzene rings is 1. The number of carbonyl (C=O) groups is 1. The summed E-state index contributed by atoms with van der Waals surface area (Å²) in [6.45, 7) is 2.16. The molecule has 0 radical (unpaired) electrons. The van der Waals surface area contributed by atoms with Crippen molar-refractivity contribution < 1.29 is 14.3 Å². The topological polar surface area (TPSA) is 71.7 Å². The summed E-state index contributed by atoms with van der Waals surface area (Å²) in [5, 5.41) is 10.5. The Morgan fingerprint density at radius 1 is 1.36 bits per heavy atom. The van der Waals surface area contributed by atoms with Crippen LogP contribution in [-0.2, 0) is 14.3 Å². The molecule has 5 nitrogen and oxygen atoms in total. The van der Waals surface area contributed by atoms with Crippen molar-refractivity contribution in [3.63, 3.8) is 0 Å². The monoisotopic (exact) mass is 380 g/mol. The molecular formula is C18H18Cl2N2O3. The summed E-state index contributed by atoms with van der Waals surface area (Å²) in [6, 6.07) is 7.24. The van der Waals surface area contributed by atoms with Gasteiger partial charge in [-0.3, -0.25) is 4.99 Å². The first kappa shape index (κ1) is 19.5. The molecule has 2 unspecified atom stereocenters. The second-order valence-electron chi connectivity index (χ2n) is 5.60. The van der Waals surface area contributed by atoms with E-state index in [0.717, 1.165) is 0 Å². The number of aliphatic imine (C=N–C) groups is 1. The lowest BCUT2D eigenvalue weighted by molar-refractivity contribution is -0.136. The van der Waals surface area contributed by atoms with Gasteiger partial charge in [0.15, 0.2) is 0 Å². The van der Waals surface area contributed by atoms with E-state index in [-0.39, 0.29) is 0 Å². The van der Waals surface area contributed by atoms with Crippen molar-refractivity contribution in [2.45, 2.75) is 19.3 Å². The van der Waals surface area contributed by atoms with E-state index < -0.39 is 17.8 Å². The smallest absolute Gasteiger partial charge is 0.336 e. The lowest BCUT2D eigenvalue weighted by Crippen LogP contribution is -2.30. The van der Waals surface area contributed by atoms with E-state index in [1.54, 1.807) is 32.2 Å². The number of halogens is 2. The van der Waals surface area contributed by atoms with Crippen LogP contribution in [0, 0.1) is 17.2 Å². The lowest BCUT2D eigenvalue weighted by atomic mass is 9.76. The Labute approximate surface area is 156 Å². The fraction of sp³-hybridized carbons (Fsp3) is 0.389. The summed E-state index contributed by atoms with van der Waals surface area (Å²) in [4.78, 5) is 17.0. The molecule has 1 aliphatic heterocycles. The average molecular weight is 381 g/mol. The van der Waals surface area contributed by atoms with E-state index >= 15 is 0 Å². The van der Waals surface area contributed by atoms with Crippen molar-refractivity contribution in [2.75, 3.05) is 20.8 Å². The quantitative estimate of drug-likeness (QED) is 0.719. The van der Waals surface area contributed by atoms with Crippen molar-refractivity contribution in [1.29, 1.82) is 5.26 Å². The molecule has 0 bridgehead atoms. The Morgan fingerprint density at radius 2 is 2.08 bits per heavy atom. The number of methoxy groups -OCH3 is 2. The molecule has 25 heavy (non-hydrogen) atoms. The number of ether oxygens (including phenoxy) is 2. The normalized spacial score (nSPS) is 20.1. The fourth-order valence-electron chi connectivity index (χ4n) is 2.93. The highest BCUT2D eigenvalue weighted by Gasteiger charge is 2.39. The molecule has 0 spiro atoms. The van der Waals surface area contributed by atoms with E-state index in [9.17, 15) is 10.1 Å². The van der Waals surface area contributed by atoms with Gasteiger partial charge in [-0.25, -0.2) is 4.79 Å². The van der Waals surface area contributed by atoms with E-state index in [2.05, 4.69) is 11.1 Å². The Balaban J connectivity index is 2.69. The molecule has 2 atom stereocenters. The molecule has 0 saturated carbocycles. The zero-order valence-electron chi connectivity index (χ0n) is 14.2. The van der Waals surface area contributed by atoms with Crippen LogP contribution in [0.15, 0.2) is 34.5 Å². The molecule has 0 N–H and O–H groups in total. The molecule has 1 aromatic rings. The van der Waals surface area contributed by atoms with Crippen LogP contribution in [0.1, 0.15) is 24.8 Å². The Bertz CT molecular complexity index is 781. The van der Waals surface area contributed by atoms with Crippen molar-refractivity contribution in [3.05, 3.63) is 45.1 Å². The molecule has 1 heterocycles. The van der Waals surface area contributed by atoms with Gasteiger partial charge in [0.1, 0.15) is 0 Å². The highest BCUT2D eigenvalue weighted by Crippen LogP contribution is 2.43. The molecule has 132 valence electrons. The number of carbonyl (C=O) groups excluding carboxylic acids is 1. The SMILES string of the molecule is COCCC1=C(C(=O)OC)C(c2ccc(Cl)cc2Cl)C(C#N)C(C)=N1. The molecule has 2 rings (SSSR count). The van der Waals surface area contributed by atoms with Crippen LogP contribution in [0.25, 0.3) is 0 Å². The second kappa shape index (κ2) is 8.48. The van der Waals surface area contributed by atoms with Crippen molar-refractivity contribution in [2.24, 2.45) is 10.9 Å². The maximum Gasteiger partial charge on any atom is 0.336 e. The van der Waals surface area contributed by atoms with Crippen LogP contribution < -0.4 is 0 Å². The summed E-state index contributed by atoms with van der Waals surface area (Å²) < 4.78 is 10.1. The summed E-state index contributed by atoms with van der Waals surface area (Å²) in [5.41, 5.74) is 2.15. The number of esters is 1. The molecule has 0 amide bonds. The van der Waals surface area contributed by atoms with Gasteiger partial charge in [-0.15, -0.1) is 0 Å². The maximum atomic E-state index is 12.5. The first-order chi connectivity index (χ1) is 11.9. The minimum Gasteiger partial charge on any atom is -0.466 e. The first-order valence-electron chi connectivity index (χ1n) is 7.64. The molecule has 1 aliphatic rings. The van der Waals surface area contributed by atoms with E-state index in [1.807, 2.05) is 0 Å². The number of rotatable bonds is 5. The molecular weight excluding hydrogens is 363 g/mol. The van der Waals surface area contributed by atoms with Gasteiger partial charge >= 0.3 is 5.97 Å². The lowest BCUT2D eigenvalue weighted by Gasteiger charge is -2.30. The maximum absolute atomic E-state index is 12.5. The summed E-state index contributed by atoms with van der Waals surface area (Å²) in [6.07, 6.45) is 0.429. The summed E-state index contributed by atoms with van der Waals surface area (Å²) >= 11 is 12.3. The van der Waals surface area contributed by atoms with Crippen molar-refractivity contribution in [3.8, 4) is 6.07 Å². The van der Waals surface area contributed by atoms with Crippen molar-refractivity contribution in [1.82, 2.24) is 0 Å². The summed E-state index contributed by atoms with van der Waals surface area (Å²) in [5.74, 6) is -1.73. The Morgan fingerprint density at radius 3 is 2.64 bits per heavy atom. The molecule has 0 aliphatic carbocycles. The fourth-order valence-corrected chi connectivity index (χ4v) is 3.46. The predicted octanol–water partition coefficient (Wildman–Crippen LogP) is 4.15. The van der Waals surface area contributed by atoms with E-state index in [0.29, 0.717) is 45.6 Å². The zero-order valence-corrected chi connectivity index (χ0v) is 15.7. The van der Waals surface area contributed by atoms with Crippen molar-refractivity contribution >= 4 is 34.9 Å². The highest BCUT2D eigenvalue weighted by molar-refractivity contribution is 6.35. The van der Waals surface area contributed by atoms with Gasteiger partial charge in [0, 0.05) is 35.2 Å². The van der Waals surface area contributed by atoms with Gasteiger partial charge in [-0.2, -0.15) is 5.26 Å². The molecule has 0 fully saturated rings. The predicted molar refractivity (Wildman–Crippen MR) is 97.0 cm³/mol. The third kappa shape index (κ3) is 4.04. The number of hydrogen-bond donors (Lipinski definition) is 0. The van der Waals surface area contributed by atoms with Crippen LogP contribution in [-0.4, -0.2) is 32.5 Å². The first-order valence-corrected chi connectivity index (χ1v) is 8.40. The van der Waals surface area contributed by atoms with Gasteiger partial charge in [-0.1, -0.05) is 29.3 Å². The van der Waals surface area contributed by atoms with Crippen LogP contribution >= 0.6 is 23.2 Å². The number of nitrogens with zero attached hydrogens (tertiary/aromatic N) is 2. The van der Waals surface area contributed by atoms with Gasteiger partial charge in [-0.05, 0) is 24.6 Å².